The Morgan fingerprint density at radius 1 is 1.05 bits per heavy atom. The zero-order chi connectivity index (χ0) is 14.4. The van der Waals surface area contributed by atoms with Gasteiger partial charge in [-0.25, -0.2) is 0 Å². The van der Waals surface area contributed by atoms with Gasteiger partial charge in [-0.15, -0.1) is 0 Å². The van der Waals surface area contributed by atoms with Gasteiger partial charge < -0.3 is 10.2 Å². The van der Waals surface area contributed by atoms with Crippen molar-refractivity contribution in [2.45, 2.75) is 84.2 Å². The van der Waals surface area contributed by atoms with Gasteiger partial charge in [0.25, 0.3) is 0 Å². The summed E-state index contributed by atoms with van der Waals surface area (Å²) < 4.78 is 0. The standard InChI is InChI=1S/C18H36N2/c1-15(2)20-12-5-8-18(10-13-20)19-11-9-17-7-4-6-16(3)14-17/h15-19H,4-14H2,1-3H3. The summed E-state index contributed by atoms with van der Waals surface area (Å²) in [4.78, 5) is 2.64. The molecule has 2 fully saturated rings. The number of likely N-dealkylation sites (tertiary alicyclic amines) is 1. The first-order chi connectivity index (χ1) is 9.65. The lowest BCUT2D eigenvalue weighted by molar-refractivity contribution is 0.228. The Hall–Kier alpha value is -0.0800. The average molecular weight is 281 g/mol. The highest BCUT2D eigenvalue weighted by molar-refractivity contribution is 4.77. The van der Waals surface area contributed by atoms with Crippen LogP contribution in [0.1, 0.15) is 72.1 Å². The highest BCUT2D eigenvalue weighted by Gasteiger charge is 2.20. The van der Waals surface area contributed by atoms with Gasteiger partial charge in [0.2, 0.25) is 0 Å². The summed E-state index contributed by atoms with van der Waals surface area (Å²) in [5, 5.41) is 3.86. The Labute approximate surface area is 126 Å². The van der Waals surface area contributed by atoms with Gasteiger partial charge >= 0.3 is 0 Å². The molecule has 3 atom stereocenters. The van der Waals surface area contributed by atoms with Crippen molar-refractivity contribution in [3.05, 3.63) is 0 Å². The van der Waals surface area contributed by atoms with Crippen LogP contribution in [-0.4, -0.2) is 36.6 Å². The molecule has 1 saturated carbocycles. The van der Waals surface area contributed by atoms with Crippen molar-refractivity contribution in [2.24, 2.45) is 11.8 Å². The Morgan fingerprint density at radius 2 is 1.90 bits per heavy atom. The van der Waals surface area contributed by atoms with Crippen molar-refractivity contribution in [2.75, 3.05) is 19.6 Å². The lowest BCUT2D eigenvalue weighted by Gasteiger charge is -2.27. The van der Waals surface area contributed by atoms with E-state index < -0.39 is 0 Å². The molecule has 118 valence electrons. The number of nitrogens with one attached hydrogen (secondary N) is 1. The molecule has 0 aromatic rings. The Morgan fingerprint density at radius 3 is 2.65 bits per heavy atom. The van der Waals surface area contributed by atoms with E-state index in [0.717, 1.165) is 23.9 Å². The first-order valence-electron chi connectivity index (χ1n) is 9.12. The fraction of sp³-hybridized carbons (Fsp3) is 1.00. The summed E-state index contributed by atoms with van der Waals surface area (Å²) in [6, 6.07) is 1.50. The van der Waals surface area contributed by atoms with Gasteiger partial charge in [0.1, 0.15) is 0 Å². The molecule has 2 aliphatic rings. The quantitative estimate of drug-likeness (QED) is 0.817. The van der Waals surface area contributed by atoms with Crippen LogP contribution in [-0.2, 0) is 0 Å². The number of rotatable bonds is 5. The minimum Gasteiger partial charge on any atom is -0.314 e. The van der Waals surface area contributed by atoms with Crippen molar-refractivity contribution in [1.82, 2.24) is 10.2 Å². The van der Waals surface area contributed by atoms with Gasteiger partial charge in [0, 0.05) is 12.1 Å². The largest absolute Gasteiger partial charge is 0.314 e. The van der Waals surface area contributed by atoms with E-state index >= 15 is 0 Å². The van der Waals surface area contributed by atoms with Crippen LogP contribution in [0, 0.1) is 11.8 Å². The summed E-state index contributed by atoms with van der Waals surface area (Å²) in [6.07, 6.45) is 11.4. The highest BCUT2D eigenvalue weighted by atomic mass is 15.1. The average Bonchev–Trinajstić information content (AvgIpc) is 2.64. The SMILES string of the molecule is CC1CCCC(CCNC2CCCN(C(C)C)CC2)C1. The topological polar surface area (TPSA) is 15.3 Å². The van der Waals surface area contributed by atoms with Crippen molar-refractivity contribution < 1.29 is 0 Å². The number of hydrogen-bond acceptors (Lipinski definition) is 2. The molecule has 0 aromatic carbocycles. The molecular formula is C18H36N2. The van der Waals surface area contributed by atoms with Gasteiger partial charge in [0.05, 0.1) is 0 Å². The molecule has 1 heterocycles. The molecule has 20 heavy (non-hydrogen) atoms. The normalized spacial score (nSPS) is 33.3. The monoisotopic (exact) mass is 280 g/mol. The summed E-state index contributed by atoms with van der Waals surface area (Å²) in [7, 11) is 0. The van der Waals surface area contributed by atoms with Crippen LogP contribution in [0.3, 0.4) is 0 Å². The van der Waals surface area contributed by atoms with Gasteiger partial charge in [-0.3, -0.25) is 0 Å². The molecule has 0 amide bonds. The summed E-state index contributed by atoms with van der Waals surface area (Å²) in [5.41, 5.74) is 0. The molecule has 0 aromatic heterocycles. The second kappa shape index (κ2) is 8.38. The Balaban J connectivity index is 1.61. The second-order valence-corrected chi connectivity index (χ2v) is 7.64. The zero-order valence-electron chi connectivity index (χ0n) is 14.0. The number of nitrogens with zero attached hydrogens (tertiary/aromatic N) is 1. The minimum atomic E-state index is 0.720. The van der Waals surface area contributed by atoms with Crippen molar-refractivity contribution in [1.29, 1.82) is 0 Å². The highest BCUT2D eigenvalue weighted by Crippen LogP contribution is 2.30. The smallest absolute Gasteiger partial charge is 0.00797 e. The minimum absolute atomic E-state index is 0.720. The zero-order valence-corrected chi connectivity index (χ0v) is 14.0. The van der Waals surface area contributed by atoms with E-state index in [2.05, 4.69) is 31.0 Å². The molecule has 1 N–H and O–H groups in total. The maximum atomic E-state index is 3.86. The van der Waals surface area contributed by atoms with Crippen LogP contribution in [0.15, 0.2) is 0 Å². The van der Waals surface area contributed by atoms with E-state index in [1.54, 1.807) is 0 Å². The van der Waals surface area contributed by atoms with Crippen LogP contribution in [0.2, 0.25) is 0 Å². The van der Waals surface area contributed by atoms with Gasteiger partial charge in [-0.1, -0.05) is 26.2 Å². The van der Waals surface area contributed by atoms with Gasteiger partial charge in [-0.2, -0.15) is 0 Å². The van der Waals surface area contributed by atoms with E-state index in [4.69, 9.17) is 0 Å². The van der Waals surface area contributed by atoms with Crippen molar-refractivity contribution in [3.8, 4) is 0 Å². The molecule has 1 saturated heterocycles. The van der Waals surface area contributed by atoms with Crippen LogP contribution in [0.5, 0.6) is 0 Å². The van der Waals surface area contributed by atoms with E-state index in [1.165, 1.54) is 71.0 Å². The summed E-state index contributed by atoms with van der Waals surface area (Å²) in [5.74, 6) is 1.98. The summed E-state index contributed by atoms with van der Waals surface area (Å²) in [6.45, 7) is 10.9. The van der Waals surface area contributed by atoms with E-state index in [0.29, 0.717) is 0 Å². The molecule has 0 bridgehead atoms. The third kappa shape index (κ3) is 5.37. The molecule has 2 rings (SSSR count). The summed E-state index contributed by atoms with van der Waals surface area (Å²) >= 11 is 0. The second-order valence-electron chi connectivity index (χ2n) is 7.64. The lowest BCUT2D eigenvalue weighted by atomic mass is 9.81. The molecular weight excluding hydrogens is 244 g/mol. The number of hydrogen-bond donors (Lipinski definition) is 1. The molecule has 1 aliphatic carbocycles. The third-order valence-corrected chi connectivity index (χ3v) is 5.52. The van der Waals surface area contributed by atoms with E-state index in [-0.39, 0.29) is 0 Å². The van der Waals surface area contributed by atoms with Gasteiger partial charge in [0.15, 0.2) is 0 Å². The van der Waals surface area contributed by atoms with Crippen LogP contribution in [0.4, 0.5) is 0 Å². The first-order valence-corrected chi connectivity index (χ1v) is 9.12. The maximum Gasteiger partial charge on any atom is 0.00797 e. The van der Waals surface area contributed by atoms with Crippen LogP contribution >= 0.6 is 0 Å². The van der Waals surface area contributed by atoms with Crippen molar-refractivity contribution in [3.63, 3.8) is 0 Å². The van der Waals surface area contributed by atoms with Crippen LogP contribution in [0.25, 0.3) is 0 Å². The molecule has 0 radical (unpaired) electrons. The molecule has 3 unspecified atom stereocenters. The van der Waals surface area contributed by atoms with Crippen LogP contribution < -0.4 is 5.32 Å². The molecule has 1 aliphatic heterocycles. The van der Waals surface area contributed by atoms with Crippen molar-refractivity contribution >= 4 is 0 Å². The van der Waals surface area contributed by atoms with Gasteiger partial charge in [-0.05, 0) is 77.4 Å². The predicted molar refractivity (Wildman–Crippen MR) is 88.1 cm³/mol. The Kier molecular flexibility index (Phi) is 6.83. The fourth-order valence-corrected chi connectivity index (χ4v) is 4.15. The Bertz CT molecular complexity index is 264. The molecule has 0 spiro atoms. The lowest BCUT2D eigenvalue weighted by Crippen LogP contribution is -2.34. The molecule has 2 nitrogen and oxygen atoms in total. The third-order valence-electron chi connectivity index (χ3n) is 5.52. The van der Waals surface area contributed by atoms with E-state index in [1.807, 2.05) is 0 Å². The predicted octanol–water partition coefficient (Wildman–Crippen LogP) is 4.06. The first kappa shape index (κ1) is 16.3. The van der Waals surface area contributed by atoms with E-state index in [9.17, 15) is 0 Å². The maximum absolute atomic E-state index is 3.86. The fourth-order valence-electron chi connectivity index (χ4n) is 4.15. The molecule has 2 heteroatoms.